The SMILES string of the molecule is Cc1nc(-c2ccc(NC(=O)C3CNCCO3)cc2)co1. The van der Waals surface area contributed by atoms with Crippen molar-refractivity contribution in [2.24, 2.45) is 0 Å². The van der Waals surface area contributed by atoms with Gasteiger partial charge >= 0.3 is 0 Å². The molecule has 1 aromatic carbocycles. The maximum absolute atomic E-state index is 12.0. The fourth-order valence-electron chi connectivity index (χ4n) is 2.18. The van der Waals surface area contributed by atoms with Gasteiger partial charge in [-0.3, -0.25) is 4.79 Å². The van der Waals surface area contributed by atoms with Crippen molar-refractivity contribution in [3.8, 4) is 11.3 Å². The number of oxazole rings is 1. The third kappa shape index (κ3) is 3.29. The van der Waals surface area contributed by atoms with Crippen LogP contribution >= 0.6 is 0 Å². The zero-order valence-corrected chi connectivity index (χ0v) is 11.8. The van der Waals surface area contributed by atoms with Crippen LogP contribution in [0.1, 0.15) is 5.89 Å². The quantitative estimate of drug-likeness (QED) is 0.896. The van der Waals surface area contributed by atoms with Crippen molar-refractivity contribution in [3.05, 3.63) is 36.4 Å². The molecular formula is C15H17N3O3. The van der Waals surface area contributed by atoms with E-state index >= 15 is 0 Å². The summed E-state index contributed by atoms with van der Waals surface area (Å²) in [6, 6.07) is 7.47. The number of aromatic nitrogens is 1. The highest BCUT2D eigenvalue weighted by molar-refractivity contribution is 5.94. The van der Waals surface area contributed by atoms with Gasteiger partial charge in [-0.05, 0) is 12.1 Å². The molecular weight excluding hydrogens is 270 g/mol. The Labute approximate surface area is 122 Å². The predicted molar refractivity (Wildman–Crippen MR) is 77.9 cm³/mol. The molecule has 1 saturated heterocycles. The first-order valence-corrected chi connectivity index (χ1v) is 6.88. The Balaban J connectivity index is 1.65. The lowest BCUT2D eigenvalue weighted by Gasteiger charge is -2.22. The van der Waals surface area contributed by atoms with E-state index in [0.717, 1.165) is 23.5 Å². The first-order valence-electron chi connectivity index (χ1n) is 6.88. The smallest absolute Gasteiger partial charge is 0.254 e. The van der Waals surface area contributed by atoms with Crippen molar-refractivity contribution in [3.63, 3.8) is 0 Å². The standard InChI is InChI=1S/C15H17N3O3/c1-10-17-13(9-21-10)11-2-4-12(5-3-11)18-15(19)14-8-16-6-7-20-14/h2-5,9,14,16H,6-8H2,1H3,(H,18,19). The van der Waals surface area contributed by atoms with Gasteiger partial charge in [0.15, 0.2) is 5.89 Å². The van der Waals surface area contributed by atoms with Gasteiger partial charge in [0, 0.05) is 31.3 Å². The van der Waals surface area contributed by atoms with Gasteiger partial charge in [-0.15, -0.1) is 0 Å². The lowest BCUT2D eigenvalue weighted by molar-refractivity contribution is -0.128. The summed E-state index contributed by atoms with van der Waals surface area (Å²) in [7, 11) is 0. The second kappa shape index (κ2) is 6.07. The van der Waals surface area contributed by atoms with E-state index in [4.69, 9.17) is 9.15 Å². The van der Waals surface area contributed by atoms with Crippen LogP contribution in [0.3, 0.4) is 0 Å². The molecule has 0 spiro atoms. The Bertz CT molecular complexity index is 615. The van der Waals surface area contributed by atoms with Crippen molar-refractivity contribution in [2.45, 2.75) is 13.0 Å². The van der Waals surface area contributed by atoms with Crippen molar-refractivity contribution < 1.29 is 13.9 Å². The second-order valence-electron chi connectivity index (χ2n) is 4.88. The van der Waals surface area contributed by atoms with E-state index in [1.165, 1.54) is 0 Å². The normalized spacial score (nSPS) is 18.4. The lowest BCUT2D eigenvalue weighted by atomic mass is 10.1. The van der Waals surface area contributed by atoms with E-state index in [1.807, 2.05) is 24.3 Å². The number of carbonyl (C=O) groups excluding carboxylic acids is 1. The summed E-state index contributed by atoms with van der Waals surface area (Å²) in [5.74, 6) is 0.497. The fourth-order valence-corrected chi connectivity index (χ4v) is 2.18. The molecule has 3 rings (SSSR count). The van der Waals surface area contributed by atoms with E-state index in [-0.39, 0.29) is 5.91 Å². The Kier molecular flexibility index (Phi) is 3.98. The highest BCUT2D eigenvalue weighted by Gasteiger charge is 2.21. The topological polar surface area (TPSA) is 76.4 Å². The maximum atomic E-state index is 12.0. The molecule has 0 bridgehead atoms. The van der Waals surface area contributed by atoms with Crippen molar-refractivity contribution in [1.29, 1.82) is 0 Å². The van der Waals surface area contributed by atoms with E-state index in [0.29, 0.717) is 19.0 Å². The van der Waals surface area contributed by atoms with Crippen LogP contribution in [0.5, 0.6) is 0 Å². The zero-order valence-electron chi connectivity index (χ0n) is 11.8. The van der Waals surface area contributed by atoms with Gasteiger partial charge in [0.05, 0.1) is 6.61 Å². The molecule has 6 heteroatoms. The molecule has 110 valence electrons. The molecule has 6 nitrogen and oxygen atoms in total. The lowest BCUT2D eigenvalue weighted by Crippen LogP contribution is -2.45. The number of carbonyl (C=O) groups is 1. The van der Waals surface area contributed by atoms with Gasteiger partial charge in [-0.25, -0.2) is 4.98 Å². The summed E-state index contributed by atoms with van der Waals surface area (Å²) in [5.41, 5.74) is 2.46. The number of hydrogen-bond donors (Lipinski definition) is 2. The molecule has 1 amide bonds. The molecule has 2 heterocycles. The number of nitrogens with zero attached hydrogens (tertiary/aromatic N) is 1. The minimum absolute atomic E-state index is 0.132. The molecule has 0 aliphatic carbocycles. The minimum atomic E-state index is -0.434. The predicted octanol–water partition coefficient (Wildman–Crippen LogP) is 1.58. The Morgan fingerprint density at radius 1 is 1.38 bits per heavy atom. The van der Waals surface area contributed by atoms with Crippen molar-refractivity contribution in [2.75, 3.05) is 25.0 Å². The number of hydrogen-bond acceptors (Lipinski definition) is 5. The largest absolute Gasteiger partial charge is 0.449 e. The third-order valence-electron chi connectivity index (χ3n) is 3.29. The van der Waals surface area contributed by atoms with E-state index in [2.05, 4.69) is 15.6 Å². The summed E-state index contributed by atoms with van der Waals surface area (Å²) in [4.78, 5) is 16.3. The summed E-state index contributed by atoms with van der Waals surface area (Å²) in [6.45, 7) is 3.69. The molecule has 21 heavy (non-hydrogen) atoms. The molecule has 1 fully saturated rings. The number of ether oxygens (including phenoxy) is 1. The van der Waals surface area contributed by atoms with Gasteiger partial charge < -0.3 is 19.8 Å². The van der Waals surface area contributed by atoms with Gasteiger partial charge in [-0.2, -0.15) is 0 Å². The number of amides is 1. The number of aryl methyl sites for hydroxylation is 1. The van der Waals surface area contributed by atoms with Crippen LogP contribution in [0.25, 0.3) is 11.3 Å². The Morgan fingerprint density at radius 3 is 2.81 bits per heavy atom. The molecule has 0 saturated carbocycles. The second-order valence-corrected chi connectivity index (χ2v) is 4.88. The third-order valence-corrected chi connectivity index (χ3v) is 3.29. The first kappa shape index (κ1) is 13.8. The highest BCUT2D eigenvalue weighted by Crippen LogP contribution is 2.20. The number of nitrogens with one attached hydrogen (secondary N) is 2. The molecule has 2 aromatic rings. The van der Waals surface area contributed by atoms with Crippen molar-refractivity contribution >= 4 is 11.6 Å². The van der Waals surface area contributed by atoms with Gasteiger partial charge in [0.2, 0.25) is 0 Å². The summed E-state index contributed by atoms with van der Waals surface area (Å²) >= 11 is 0. The zero-order chi connectivity index (χ0) is 14.7. The summed E-state index contributed by atoms with van der Waals surface area (Å²) in [6.07, 6.45) is 1.18. The van der Waals surface area contributed by atoms with Gasteiger partial charge in [0.25, 0.3) is 5.91 Å². The summed E-state index contributed by atoms with van der Waals surface area (Å²) in [5, 5.41) is 5.98. The van der Waals surface area contributed by atoms with E-state index in [1.54, 1.807) is 13.2 Å². The molecule has 1 aliphatic rings. The first-order chi connectivity index (χ1) is 10.2. The minimum Gasteiger partial charge on any atom is -0.449 e. The number of benzene rings is 1. The maximum Gasteiger partial charge on any atom is 0.254 e. The van der Waals surface area contributed by atoms with E-state index < -0.39 is 6.10 Å². The van der Waals surface area contributed by atoms with Crippen LogP contribution in [0, 0.1) is 6.92 Å². The van der Waals surface area contributed by atoms with Crippen LogP contribution in [0.15, 0.2) is 34.9 Å². The summed E-state index contributed by atoms with van der Waals surface area (Å²) < 4.78 is 10.6. The number of rotatable bonds is 3. The van der Waals surface area contributed by atoms with Crippen LogP contribution < -0.4 is 10.6 Å². The van der Waals surface area contributed by atoms with Crippen LogP contribution in [-0.4, -0.2) is 36.7 Å². The van der Waals surface area contributed by atoms with Crippen LogP contribution in [-0.2, 0) is 9.53 Å². The molecule has 1 atom stereocenters. The molecule has 1 aliphatic heterocycles. The molecule has 1 aromatic heterocycles. The van der Waals surface area contributed by atoms with Gasteiger partial charge in [-0.1, -0.05) is 12.1 Å². The molecule has 0 radical (unpaired) electrons. The van der Waals surface area contributed by atoms with E-state index in [9.17, 15) is 4.79 Å². The Hall–Kier alpha value is -2.18. The monoisotopic (exact) mass is 287 g/mol. The fraction of sp³-hybridized carbons (Fsp3) is 0.333. The van der Waals surface area contributed by atoms with Crippen LogP contribution in [0.4, 0.5) is 5.69 Å². The van der Waals surface area contributed by atoms with Crippen LogP contribution in [0.2, 0.25) is 0 Å². The molecule has 2 N–H and O–H groups in total. The van der Waals surface area contributed by atoms with Gasteiger partial charge in [0.1, 0.15) is 18.1 Å². The molecule has 1 unspecified atom stereocenters. The Morgan fingerprint density at radius 2 is 2.19 bits per heavy atom. The number of anilines is 1. The van der Waals surface area contributed by atoms with Crippen molar-refractivity contribution in [1.82, 2.24) is 10.3 Å². The average Bonchev–Trinajstić information content (AvgIpc) is 2.95. The average molecular weight is 287 g/mol. The highest BCUT2D eigenvalue weighted by atomic mass is 16.5. The number of morpholine rings is 1.